The minimum absolute atomic E-state index is 0.536. The Labute approximate surface area is 304 Å². The fourth-order valence-electron chi connectivity index (χ4n) is 7.53. The second kappa shape index (κ2) is 11.9. The van der Waals surface area contributed by atoms with Crippen LogP contribution in [0.15, 0.2) is 164 Å². The molecule has 0 unspecified atom stereocenters. The lowest BCUT2D eigenvalue weighted by atomic mass is 10.1. The largest absolute Gasteiger partial charge is 0.309 e. The molecule has 7 aromatic carbocycles. The van der Waals surface area contributed by atoms with E-state index in [0.717, 1.165) is 61.0 Å². The zero-order chi connectivity index (χ0) is 35.5. The molecule has 0 atom stereocenters. The summed E-state index contributed by atoms with van der Waals surface area (Å²) in [7, 11) is 0. The standard InChI is InChI=1S/C46H27N7/c47-28-30-16-20-32(21-17-30)45-49-46(33-22-18-31(29-48)19-23-33)53(50-45)36-24-25-40-39-12-3-6-15-43(39)52(44(40)27-36)35-9-7-8-34(26-35)51-41-13-4-1-10-37(41)38-11-2-5-14-42(38)51/h1-27H. The van der Waals surface area contributed by atoms with Gasteiger partial charge in [-0.05, 0) is 97.1 Å². The third-order valence-corrected chi connectivity index (χ3v) is 9.98. The average Bonchev–Trinajstić information content (AvgIpc) is 3.92. The van der Waals surface area contributed by atoms with Crippen molar-refractivity contribution in [1.29, 1.82) is 10.5 Å². The molecule has 0 saturated heterocycles. The van der Waals surface area contributed by atoms with Crippen LogP contribution in [-0.4, -0.2) is 23.9 Å². The number of para-hydroxylation sites is 3. The maximum atomic E-state index is 9.46. The molecule has 10 aromatic rings. The molecule has 246 valence electrons. The molecule has 3 aromatic heterocycles. The van der Waals surface area contributed by atoms with Crippen LogP contribution in [0.5, 0.6) is 0 Å². The summed E-state index contributed by atoms with van der Waals surface area (Å²) in [5.41, 5.74) is 10.2. The van der Waals surface area contributed by atoms with Crippen LogP contribution in [0, 0.1) is 22.7 Å². The van der Waals surface area contributed by atoms with Crippen LogP contribution in [-0.2, 0) is 0 Å². The molecule has 0 aliphatic heterocycles. The summed E-state index contributed by atoms with van der Waals surface area (Å²) < 4.78 is 6.54. The van der Waals surface area contributed by atoms with Gasteiger partial charge in [0, 0.05) is 44.0 Å². The second-order valence-corrected chi connectivity index (χ2v) is 13.0. The summed E-state index contributed by atoms with van der Waals surface area (Å²) in [6.07, 6.45) is 0. The third kappa shape index (κ3) is 4.80. The van der Waals surface area contributed by atoms with Crippen LogP contribution < -0.4 is 0 Å². The lowest BCUT2D eigenvalue weighted by molar-refractivity contribution is 0.891. The van der Waals surface area contributed by atoms with Gasteiger partial charge in [-0.15, -0.1) is 5.10 Å². The maximum absolute atomic E-state index is 9.46. The fourth-order valence-corrected chi connectivity index (χ4v) is 7.53. The molecule has 53 heavy (non-hydrogen) atoms. The molecule has 0 aliphatic rings. The van der Waals surface area contributed by atoms with Crippen LogP contribution in [0.4, 0.5) is 0 Å². The monoisotopic (exact) mass is 677 g/mol. The number of hydrogen-bond donors (Lipinski definition) is 0. The highest BCUT2D eigenvalue weighted by Crippen LogP contribution is 2.37. The maximum Gasteiger partial charge on any atom is 0.182 e. The summed E-state index contributed by atoms with van der Waals surface area (Å²) in [5.74, 6) is 1.18. The molecular formula is C46H27N7. The molecule has 0 radical (unpaired) electrons. The molecule has 7 nitrogen and oxygen atoms in total. The van der Waals surface area contributed by atoms with Crippen molar-refractivity contribution in [2.75, 3.05) is 0 Å². The molecule has 3 heterocycles. The van der Waals surface area contributed by atoms with Gasteiger partial charge >= 0.3 is 0 Å². The molecular weight excluding hydrogens is 651 g/mol. The highest BCUT2D eigenvalue weighted by molar-refractivity contribution is 6.11. The lowest BCUT2D eigenvalue weighted by Gasteiger charge is -2.13. The molecule has 0 spiro atoms. The molecule has 10 rings (SSSR count). The first-order valence-electron chi connectivity index (χ1n) is 17.3. The van der Waals surface area contributed by atoms with Crippen LogP contribution in [0.2, 0.25) is 0 Å². The van der Waals surface area contributed by atoms with Gasteiger partial charge in [-0.25, -0.2) is 9.67 Å². The van der Waals surface area contributed by atoms with Crippen molar-refractivity contribution in [3.8, 4) is 52.0 Å². The Hall–Kier alpha value is -7.74. The normalized spacial score (nSPS) is 11.4. The van der Waals surface area contributed by atoms with Crippen LogP contribution in [0.3, 0.4) is 0 Å². The van der Waals surface area contributed by atoms with Crippen molar-refractivity contribution < 1.29 is 0 Å². The predicted octanol–water partition coefficient (Wildman–Crippen LogP) is 10.5. The van der Waals surface area contributed by atoms with Crippen LogP contribution in [0.1, 0.15) is 11.1 Å². The van der Waals surface area contributed by atoms with Crippen molar-refractivity contribution in [1.82, 2.24) is 23.9 Å². The van der Waals surface area contributed by atoms with E-state index < -0.39 is 0 Å². The van der Waals surface area contributed by atoms with Crippen molar-refractivity contribution in [2.45, 2.75) is 0 Å². The Balaban J connectivity index is 1.19. The number of nitrogens with zero attached hydrogens (tertiary/aromatic N) is 7. The Morgan fingerprint density at radius 1 is 0.415 bits per heavy atom. The van der Waals surface area contributed by atoms with E-state index in [9.17, 15) is 10.5 Å². The van der Waals surface area contributed by atoms with E-state index in [1.807, 2.05) is 28.9 Å². The van der Waals surface area contributed by atoms with Gasteiger partial charge < -0.3 is 9.13 Å². The minimum atomic E-state index is 0.536. The summed E-state index contributed by atoms with van der Waals surface area (Å²) in [6, 6.07) is 59.8. The van der Waals surface area contributed by atoms with Crippen molar-refractivity contribution >= 4 is 43.6 Å². The quantitative estimate of drug-likeness (QED) is 0.181. The minimum Gasteiger partial charge on any atom is -0.309 e. The lowest BCUT2D eigenvalue weighted by Crippen LogP contribution is -2.01. The summed E-state index contributed by atoms with van der Waals surface area (Å²) in [4.78, 5) is 5.01. The first kappa shape index (κ1) is 30.1. The first-order chi connectivity index (χ1) is 26.2. The summed E-state index contributed by atoms with van der Waals surface area (Å²) in [6.45, 7) is 0. The molecule has 0 bridgehead atoms. The number of fused-ring (bicyclic) bond motifs is 6. The van der Waals surface area contributed by atoms with E-state index in [2.05, 4.69) is 137 Å². The smallest absolute Gasteiger partial charge is 0.182 e. The zero-order valence-electron chi connectivity index (χ0n) is 28.2. The number of aromatic nitrogens is 5. The predicted molar refractivity (Wildman–Crippen MR) is 210 cm³/mol. The average molecular weight is 678 g/mol. The van der Waals surface area contributed by atoms with Gasteiger partial charge in [0.25, 0.3) is 0 Å². The van der Waals surface area contributed by atoms with Crippen LogP contribution in [0.25, 0.3) is 83.4 Å². The van der Waals surface area contributed by atoms with E-state index >= 15 is 0 Å². The number of hydrogen-bond acceptors (Lipinski definition) is 4. The fraction of sp³-hybridized carbons (Fsp3) is 0. The summed E-state index contributed by atoms with van der Waals surface area (Å²) in [5, 5.41) is 28.6. The van der Waals surface area contributed by atoms with Gasteiger partial charge in [-0.2, -0.15) is 10.5 Å². The second-order valence-electron chi connectivity index (χ2n) is 13.0. The van der Waals surface area contributed by atoms with E-state index in [-0.39, 0.29) is 0 Å². The Kier molecular flexibility index (Phi) is 6.79. The van der Waals surface area contributed by atoms with Gasteiger partial charge in [-0.1, -0.05) is 66.7 Å². The van der Waals surface area contributed by atoms with Gasteiger partial charge in [0.2, 0.25) is 0 Å². The molecule has 7 heteroatoms. The van der Waals surface area contributed by atoms with Crippen molar-refractivity contribution in [3.05, 3.63) is 175 Å². The first-order valence-corrected chi connectivity index (χ1v) is 17.3. The Bertz CT molecular complexity index is 3070. The third-order valence-electron chi connectivity index (χ3n) is 9.98. The van der Waals surface area contributed by atoms with E-state index in [1.165, 1.54) is 10.8 Å². The van der Waals surface area contributed by atoms with E-state index in [0.29, 0.717) is 22.8 Å². The zero-order valence-corrected chi connectivity index (χ0v) is 28.2. The summed E-state index contributed by atoms with van der Waals surface area (Å²) >= 11 is 0. The Morgan fingerprint density at radius 2 is 0.906 bits per heavy atom. The molecule has 0 fully saturated rings. The van der Waals surface area contributed by atoms with E-state index in [4.69, 9.17) is 10.1 Å². The van der Waals surface area contributed by atoms with Gasteiger partial charge in [-0.3, -0.25) is 0 Å². The number of nitriles is 2. The molecule has 0 aliphatic carbocycles. The molecule has 0 amide bonds. The van der Waals surface area contributed by atoms with E-state index in [1.54, 1.807) is 24.3 Å². The molecule has 0 N–H and O–H groups in total. The SMILES string of the molecule is N#Cc1ccc(-c2nc(-c3ccc(C#N)cc3)n(-c3ccc4c5ccccc5n(-c5cccc(-n6c7ccccc7c7ccccc76)c5)c4c3)n2)cc1. The highest BCUT2D eigenvalue weighted by Gasteiger charge is 2.19. The Morgan fingerprint density at radius 3 is 1.45 bits per heavy atom. The van der Waals surface area contributed by atoms with Gasteiger partial charge in [0.05, 0.1) is 51.0 Å². The number of rotatable bonds is 5. The highest BCUT2D eigenvalue weighted by atomic mass is 15.4. The number of benzene rings is 7. The molecule has 0 saturated carbocycles. The van der Waals surface area contributed by atoms with Gasteiger partial charge in [0.1, 0.15) is 0 Å². The van der Waals surface area contributed by atoms with Crippen molar-refractivity contribution in [2.24, 2.45) is 0 Å². The topological polar surface area (TPSA) is 88.2 Å². The van der Waals surface area contributed by atoms with Crippen LogP contribution >= 0.6 is 0 Å². The van der Waals surface area contributed by atoms with Gasteiger partial charge in [0.15, 0.2) is 11.6 Å². The van der Waals surface area contributed by atoms with Crippen molar-refractivity contribution in [3.63, 3.8) is 0 Å².